The van der Waals surface area contributed by atoms with Crippen molar-refractivity contribution in [2.45, 2.75) is 17.2 Å². The van der Waals surface area contributed by atoms with Crippen molar-refractivity contribution in [2.24, 2.45) is 5.92 Å². The second-order valence-electron chi connectivity index (χ2n) is 6.69. The minimum absolute atomic E-state index is 0.250. The smallest absolute Gasteiger partial charge is 0.252 e. The number of carbonyl (C=O) groups excluding carboxylic acids is 2. The van der Waals surface area contributed by atoms with E-state index in [1.807, 2.05) is 0 Å². The monoisotopic (exact) mass is 508 g/mol. The van der Waals surface area contributed by atoms with E-state index in [2.05, 4.69) is 10.6 Å². The average molecular weight is 511 g/mol. The summed E-state index contributed by atoms with van der Waals surface area (Å²) in [4.78, 5) is 25.0. The summed E-state index contributed by atoms with van der Waals surface area (Å²) in [6.07, 6.45) is 0. The largest absolute Gasteiger partial charge is 0.494 e. The van der Waals surface area contributed by atoms with Crippen LogP contribution in [0.3, 0.4) is 0 Å². The average Bonchev–Trinajstić information content (AvgIpc) is 3.25. The van der Waals surface area contributed by atoms with Crippen LogP contribution in [-0.4, -0.2) is 29.8 Å². The van der Waals surface area contributed by atoms with Crippen LogP contribution in [0.4, 0.5) is 5.69 Å². The Labute approximate surface area is 198 Å². The van der Waals surface area contributed by atoms with Gasteiger partial charge in [0.15, 0.2) is 5.75 Å². The minimum atomic E-state index is -1.33. The van der Waals surface area contributed by atoms with Crippen LogP contribution in [0.1, 0.15) is 28.8 Å². The molecule has 10 heteroatoms. The standard InChI is InChI=1S/C20H17Cl5N2O3/c1-3-26-18(28)11-8-10(4-5-12(11)21)27-19(29)16-15(20(16,24)25)9-6-13(22)17(30-2)14(23)7-9/h4-8,15-16H,3H2,1-2H3,(H,26,28)(H,27,29)/t15-,16+/m0/s1. The molecule has 0 aliphatic heterocycles. The van der Waals surface area contributed by atoms with Crippen molar-refractivity contribution in [3.63, 3.8) is 0 Å². The van der Waals surface area contributed by atoms with E-state index in [4.69, 9.17) is 62.7 Å². The Morgan fingerprint density at radius 2 is 1.70 bits per heavy atom. The maximum absolute atomic E-state index is 12.9. The summed E-state index contributed by atoms with van der Waals surface area (Å²) in [6.45, 7) is 2.24. The van der Waals surface area contributed by atoms with Crippen molar-refractivity contribution in [2.75, 3.05) is 19.0 Å². The van der Waals surface area contributed by atoms with Crippen LogP contribution in [0.5, 0.6) is 5.75 Å². The Bertz CT molecular complexity index is 989. The zero-order chi connectivity index (χ0) is 22.2. The fourth-order valence-corrected chi connectivity index (χ4v) is 4.96. The summed E-state index contributed by atoms with van der Waals surface area (Å²) in [5, 5.41) is 6.26. The maximum atomic E-state index is 12.9. The molecule has 0 heterocycles. The lowest BCUT2D eigenvalue weighted by Crippen LogP contribution is -2.23. The van der Waals surface area contributed by atoms with Crippen molar-refractivity contribution < 1.29 is 14.3 Å². The van der Waals surface area contributed by atoms with Gasteiger partial charge in [-0.25, -0.2) is 0 Å². The first kappa shape index (κ1) is 23.3. The lowest BCUT2D eigenvalue weighted by Gasteiger charge is -2.10. The molecular weight excluding hydrogens is 493 g/mol. The Morgan fingerprint density at radius 1 is 1.07 bits per heavy atom. The Kier molecular flexibility index (Phi) is 7.00. The fourth-order valence-electron chi connectivity index (χ4n) is 3.27. The molecule has 1 saturated carbocycles. The molecule has 2 amide bonds. The molecule has 2 aromatic rings. The number of carbonyl (C=O) groups is 2. The van der Waals surface area contributed by atoms with E-state index in [-0.39, 0.29) is 16.5 Å². The van der Waals surface area contributed by atoms with Crippen molar-refractivity contribution in [3.8, 4) is 5.75 Å². The maximum Gasteiger partial charge on any atom is 0.252 e. The third kappa shape index (κ3) is 4.46. The minimum Gasteiger partial charge on any atom is -0.494 e. The van der Waals surface area contributed by atoms with Gasteiger partial charge in [-0.1, -0.05) is 34.8 Å². The van der Waals surface area contributed by atoms with Crippen LogP contribution < -0.4 is 15.4 Å². The first-order chi connectivity index (χ1) is 14.1. The topological polar surface area (TPSA) is 67.4 Å². The van der Waals surface area contributed by atoms with E-state index in [1.165, 1.54) is 19.2 Å². The molecule has 0 saturated heterocycles. The first-order valence-electron chi connectivity index (χ1n) is 8.91. The van der Waals surface area contributed by atoms with E-state index in [0.29, 0.717) is 33.6 Å². The van der Waals surface area contributed by atoms with Gasteiger partial charge in [0, 0.05) is 18.2 Å². The lowest BCUT2D eigenvalue weighted by atomic mass is 10.1. The predicted octanol–water partition coefficient (Wildman–Crippen LogP) is 5.93. The fraction of sp³-hybridized carbons (Fsp3) is 0.300. The van der Waals surface area contributed by atoms with E-state index in [1.54, 1.807) is 25.1 Å². The number of rotatable bonds is 6. The molecule has 0 unspecified atom stereocenters. The number of hydrogen-bond donors (Lipinski definition) is 2. The summed E-state index contributed by atoms with van der Waals surface area (Å²) in [5.41, 5.74) is 1.27. The molecule has 0 spiro atoms. The molecule has 5 nitrogen and oxygen atoms in total. The third-order valence-corrected chi connectivity index (χ3v) is 6.57. The molecule has 30 heavy (non-hydrogen) atoms. The number of ether oxygens (including phenoxy) is 1. The predicted molar refractivity (Wildman–Crippen MR) is 122 cm³/mol. The first-order valence-corrected chi connectivity index (χ1v) is 10.8. The quantitative estimate of drug-likeness (QED) is 0.473. The molecule has 1 aliphatic rings. The molecule has 0 aromatic heterocycles. The van der Waals surface area contributed by atoms with E-state index >= 15 is 0 Å². The molecular formula is C20H17Cl5N2O3. The second kappa shape index (κ2) is 9.01. The molecule has 2 N–H and O–H groups in total. The highest BCUT2D eigenvalue weighted by Gasteiger charge is 2.67. The molecule has 3 rings (SSSR count). The van der Waals surface area contributed by atoms with Gasteiger partial charge in [0.05, 0.1) is 33.7 Å². The molecule has 0 bridgehead atoms. The summed E-state index contributed by atoms with van der Waals surface area (Å²) in [5.74, 6) is -1.67. The van der Waals surface area contributed by atoms with E-state index in [0.717, 1.165) is 0 Å². The van der Waals surface area contributed by atoms with Gasteiger partial charge in [0.2, 0.25) is 5.91 Å². The van der Waals surface area contributed by atoms with Crippen LogP contribution >= 0.6 is 58.0 Å². The number of anilines is 1. The van der Waals surface area contributed by atoms with E-state index < -0.39 is 22.1 Å². The van der Waals surface area contributed by atoms with Crippen LogP contribution in [0, 0.1) is 5.92 Å². The molecule has 1 aliphatic carbocycles. The Hall–Kier alpha value is -1.37. The number of hydrogen-bond acceptors (Lipinski definition) is 3. The van der Waals surface area contributed by atoms with Gasteiger partial charge in [0.25, 0.3) is 5.91 Å². The highest BCUT2D eigenvalue weighted by molar-refractivity contribution is 6.53. The molecule has 0 radical (unpaired) electrons. The van der Waals surface area contributed by atoms with Crippen LogP contribution in [-0.2, 0) is 4.79 Å². The zero-order valence-corrected chi connectivity index (χ0v) is 19.6. The van der Waals surface area contributed by atoms with Gasteiger partial charge >= 0.3 is 0 Å². The Morgan fingerprint density at radius 3 is 2.27 bits per heavy atom. The molecule has 1 fully saturated rings. The highest BCUT2D eigenvalue weighted by Crippen LogP contribution is 2.65. The van der Waals surface area contributed by atoms with Gasteiger partial charge < -0.3 is 15.4 Å². The summed E-state index contributed by atoms with van der Waals surface area (Å²) >= 11 is 31.3. The van der Waals surface area contributed by atoms with Crippen molar-refractivity contribution >= 4 is 75.5 Å². The van der Waals surface area contributed by atoms with Crippen LogP contribution in [0.15, 0.2) is 30.3 Å². The van der Waals surface area contributed by atoms with Gasteiger partial charge in [0.1, 0.15) is 4.33 Å². The number of nitrogens with one attached hydrogen (secondary N) is 2. The van der Waals surface area contributed by atoms with Crippen molar-refractivity contribution in [1.29, 1.82) is 0 Å². The number of alkyl halides is 2. The normalized spacial score (nSPS) is 19.2. The second-order valence-corrected chi connectivity index (χ2v) is 9.36. The van der Waals surface area contributed by atoms with Gasteiger partial charge in [-0.15, -0.1) is 23.2 Å². The lowest BCUT2D eigenvalue weighted by molar-refractivity contribution is -0.117. The summed E-state index contributed by atoms with van der Waals surface area (Å²) in [6, 6.07) is 7.86. The summed E-state index contributed by atoms with van der Waals surface area (Å²) < 4.78 is 3.81. The van der Waals surface area contributed by atoms with Gasteiger partial charge in [-0.2, -0.15) is 0 Å². The SMILES string of the molecule is CCNC(=O)c1cc(NC(=O)[C@H]2[C@H](c3cc(Cl)c(OC)c(Cl)c3)C2(Cl)Cl)ccc1Cl. The van der Waals surface area contributed by atoms with Crippen molar-refractivity contribution in [3.05, 3.63) is 56.5 Å². The zero-order valence-electron chi connectivity index (χ0n) is 15.9. The van der Waals surface area contributed by atoms with Crippen LogP contribution in [0.25, 0.3) is 0 Å². The van der Waals surface area contributed by atoms with E-state index in [9.17, 15) is 9.59 Å². The third-order valence-electron chi connectivity index (χ3n) is 4.74. The molecule has 160 valence electrons. The van der Waals surface area contributed by atoms with Crippen LogP contribution in [0.2, 0.25) is 15.1 Å². The van der Waals surface area contributed by atoms with Gasteiger partial charge in [-0.05, 0) is 42.8 Å². The molecule has 2 atom stereocenters. The summed E-state index contributed by atoms with van der Waals surface area (Å²) in [7, 11) is 1.45. The van der Waals surface area contributed by atoms with Gasteiger partial charge in [-0.3, -0.25) is 9.59 Å². The Balaban J connectivity index is 1.81. The number of amides is 2. The number of halogens is 5. The number of benzene rings is 2. The number of methoxy groups -OCH3 is 1. The molecule has 2 aromatic carbocycles. The highest BCUT2D eigenvalue weighted by atomic mass is 35.5. The van der Waals surface area contributed by atoms with Crippen molar-refractivity contribution in [1.82, 2.24) is 5.32 Å².